The first-order chi connectivity index (χ1) is 9.66. The molecule has 0 fully saturated rings. The summed E-state index contributed by atoms with van der Waals surface area (Å²) >= 11 is 0. The van der Waals surface area contributed by atoms with E-state index in [2.05, 4.69) is 15.5 Å². The van der Waals surface area contributed by atoms with Gasteiger partial charge in [-0.25, -0.2) is 5.43 Å². The van der Waals surface area contributed by atoms with Gasteiger partial charge in [0.1, 0.15) is 0 Å². The molecule has 0 saturated heterocycles. The standard InChI is InChI=1S/C15H16N4O/c1-19(2)14-7-5-12(6-8-14)10-17-18-15(20)13-4-3-9-16-11-13/h3-11H,1-2H3,(H,18,20)/b17-10+. The molecule has 0 radical (unpaired) electrons. The van der Waals surface area contributed by atoms with Crippen molar-refractivity contribution in [2.24, 2.45) is 5.10 Å². The Labute approximate surface area is 118 Å². The summed E-state index contributed by atoms with van der Waals surface area (Å²) in [5.74, 6) is -0.278. The Balaban J connectivity index is 1.95. The first kappa shape index (κ1) is 13.7. The molecular weight excluding hydrogens is 252 g/mol. The van der Waals surface area contributed by atoms with Crippen LogP contribution in [0.3, 0.4) is 0 Å². The van der Waals surface area contributed by atoms with Crippen molar-refractivity contribution in [1.82, 2.24) is 10.4 Å². The Morgan fingerprint density at radius 2 is 2.00 bits per heavy atom. The van der Waals surface area contributed by atoms with E-state index >= 15 is 0 Å². The van der Waals surface area contributed by atoms with E-state index in [0.717, 1.165) is 11.3 Å². The van der Waals surface area contributed by atoms with Crippen molar-refractivity contribution in [3.05, 3.63) is 59.9 Å². The zero-order valence-electron chi connectivity index (χ0n) is 11.4. The summed E-state index contributed by atoms with van der Waals surface area (Å²) in [5.41, 5.74) is 4.98. The third kappa shape index (κ3) is 3.65. The second-order valence-corrected chi connectivity index (χ2v) is 4.43. The Hall–Kier alpha value is -2.69. The van der Waals surface area contributed by atoms with Crippen molar-refractivity contribution in [1.29, 1.82) is 0 Å². The number of aromatic nitrogens is 1. The van der Waals surface area contributed by atoms with E-state index in [4.69, 9.17) is 0 Å². The highest BCUT2D eigenvalue weighted by atomic mass is 16.2. The minimum absolute atomic E-state index is 0.278. The lowest BCUT2D eigenvalue weighted by atomic mass is 10.2. The van der Waals surface area contributed by atoms with Gasteiger partial charge in [0.15, 0.2) is 0 Å². The molecule has 1 aromatic heterocycles. The number of pyridine rings is 1. The van der Waals surface area contributed by atoms with Gasteiger partial charge in [-0.05, 0) is 29.8 Å². The Morgan fingerprint density at radius 1 is 1.25 bits per heavy atom. The normalized spacial score (nSPS) is 10.5. The largest absolute Gasteiger partial charge is 0.378 e. The van der Waals surface area contributed by atoms with E-state index in [1.807, 2.05) is 43.3 Å². The summed E-state index contributed by atoms with van der Waals surface area (Å²) in [5, 5.41) is 3.93. The number of hydrogen-bond donors (Lipinski definition) is 1. The number of carbonyl (C=O) groups excluding carboxylic acids is 1. The van der Waals surface area contributed by atoms with Crippen LogP contribution in [-0.2, 0) is 0 Å². The first-order valence-electron chi connectivity index (χ1n) is 6.17. The van der Waals surface area contributed by atoms with Crippen LogP contribution in [0.4, 0.5) is 5.69 Å². The molecule has 0 spiro atoms. The fourth-order valence-electron chi connectivity index (χ4n) is 1.59. The van der Waals surface area contributed by atoms with Gasteiger partial charge in [-0.1, -0.05) is 12.1 Å². The maximum atomic E-state index is 11.7. The van der Waals surface area contributed by atoms with Gasteiger partial charge in [0.2, 0.25) is 0 Å². The molecule has 1 N–H and O–H groups in total. The number of anilines is 1. The first-order valence-corrected chi connectivity index (χ1v) is 6.17. The van der Waals surface area contributed by atoms with Crippen molar-refractivity contribution in [3.8, 4) is 0 Å². The Kier molecular flexibility index (Phi) is 4.44. The predicted octanol–water partition coefficient (Wildman–Crippen LogP) is 1.91. The summed E-state index contributed by atoms with van der Waals surface area (Å²) in [6, 6.07) is 11.3. The number of nitrogens with one attached hydrogen (secondary N) is 1. The SMILES string of the molecule is CN(C)c1ccc(/C=N/NC(=O)c2cccnc2)cc1. The molecule has 0 bridgehead atoms. The maximum absolute atomic E-state index is 11.7. The monoisotopic (exact) mass is 268 g/mol. The molecule has 0 atom stereocenters. The van der Waals surface area contributed by atoms with Gasteiger partial charge in [-0.15, -0.1) is 0 Å². The van der Waals surface area contributed by atoms with E-state index < -0.39 is 0 Å². The van der Waals surface area contributed by atoms with Crippen LogP contribution in [0.5, 0.6) is 0 Å². The highest BCUT2D eigenvalue weighted by Crippen LogP contribution is 2.10. The van der Waals surface area contributed by atoms with E-state index in [9.17, 15) is 4.79 Å². The fourth-order valence-corrected chi connectivity index (χ4v) is 1.59. The van der Waals surface area contributed by atoms with E-state index in [1.165, 1.54) is 6.20 Å². The molecule has 5 heteroatoms. The number of amides is 1. The van der Waals surface area contributed by atoms with Crippen molar-refractivity contribution in [2.75, 3.05) is 19.0 Å². The highest BCUT2D eigenvalue weighted by molar-refractivity contribution is 5.94. The van der Waals surface area contributed by atoms with Crippen LogP contribution in [0.2, 0.25) is 0 Å². The molecule has 0 aliphatic heterocycles. The molecule has 2 rings (SSSR count). The third-order valence-electron chi connectivity index (χ3n) is 2.71. The molecule has 0 aliphatic rings. The molecule has 0 saturated carbocycles. The van der Waals surface area contributed by atoms with Gasteiger partial charge in [0.25, 0.3) is 5.91 Å². The lowest BCUT2D eigenvalue weighted by Crippen LogP contribution is -2.17. The summed E-state index contributed by atoms with van der Waals surface area (Å²) < 4.78 is 0. The lowest BCUT2D eigenvalue weighted by molar-refractivity contribution is 0.0955. The maximum Gasteiger partial charge on any atom is 0.272 e. The van der Waals surface area contributed by atoms with Crippen LogP contribution >= 0.6 is 0 Å². The number of benzene rings is 1. The molecule has 20 heavy (non-hydrogen) atoms. The number of carbonyl (C=O) groups is 1. The van der Waals surface area contributed by atoms with Crippen LogP contribution < -0.4 is 10.3 Å². The van der Waals surface area contributed by atoms with Crippen LogP contribution in [-0.4, -0.2) is 31.2 Å². The average molecular weight is 268 g/mol. The summed E-state index contributed by atoms with van der Waals surface area (Å²) in [6.45, 7) is 0. The van der Waals surface area contributed by atoms with Crippen molar-refractivity contribution < 1.29 is 4.79 Å². The van der Waals surface area contributed by atoms with Gasteiger partial charge in [0, 0.05) is 32.2 Å². The molecule has 0 unspecified atom stereocenters. The van der Waals surface area contributed by atoms with Crippen LogP contribution in [0.25, 0.3) is 0 Å². The summed E-state index contributed by atoms with van der Waals surface area (Å²) in [4.78, 5) is 17.6. The smallest absolute Gasteiger partial charge is 0.272 e. The second-order valence-electron chi connectivity index (χ2n) is 4.43. The Bertz CT molecular complexity index is 591. The predicted molar refractivity (Wildman–Crippen MR) is 80.1 cm³/mol. The van der Waals surface area contributed by atoms with Crippen molar-refractivity contribution >= 4 is 17.8 Å². The van der Waals surface area contributed by atoms with Crippen LogP contribution in [0.1, 0.15) is 15.9 Å². The molecule has 1 amide bonds. The molecule has 5 nitrogen and oxygen atoms in total. The number of rotatable bonds is 4. The van der Waals surface area contributed by atoms with Gasteiger partial charge in [-0.3, -0.25) is 9.78 Å². The molecule has 0 aliphatic carbocycles. The average Bonchev–Trinajstić information content (AvgIpc) is 2.48. The lowest BCUT2D eigenvalue weighted by Gasteiger charge is -2.11. The van der Waals surface area contributed by atoms with Gasteiger partial charge < -0.3 is 4.90 Å². The fraction of sp³-hybridized carbons (Fsp3) is 0.133. The number of nitrogens with zero attached hydrogens (tertiary/aromatic N) is 3. The minimum Gasteiger partial charge on any atom is -0.378 e. The molecule has 1 heterocycles. The third-order valence-corrected chi connectivity index (χ3v) is 2.71. The molecular formula is C15H16N4O. The molecule has 1 aromatic carbocycles. The number of hydrazone groups is 1. The van der Waals surface area contributed by atoms with E-state index in [-0.39, 0.29) is 5.91 Å². The number of hydrogen-bond acceptors (Lipinski definition) is 4. The van der Waals surface area contributed by atoms with E-state index in [0.29, 0.717) is 5.56 Å². The minimum atomic E-state index is -0.278. The van der Waals surface area contributed by atoms with Gasteiger partial charge in [0.05, 0.1) is 11.8 Å². The summed E-state index contributed by atoms with van der Waals surface area (Å²) in [6.07, 6.45) is 4.72. The topological polar surface area (TPSA) is 57.6 Å². The second kappa shape index (κ2) is 6.47. The molecule has 2 aromatic rings. The van der Waals surface area contributed by atoms with Gasteiger partial charge in [-0.2, -0.15) is 5.10 Å². The van der Waals surface area contributed by atoms with Crippen molar-refractivity contribution in [3.63, 3.8) is 0 Å². The van der Waals surface area contributed by atoms with Gasteiger partial charge >= 0.3 is 0 Å². The summed E-state index contributed by atoms with van der Waals surface area (Å²) in [7, 11) is 3.97. The van der Waals surface area contributed by atoms with E-state index in [1.54, 1.807) is 24.5 Å². The zero-order valence-corrected chi connectivity index (χ0v) is 11.4. The quantitative estimate of drug-likeness (QED) is 0.680. The van der Waals surface area contributed by atoms with Crippen molar-refractivity contribution in [2.45, 2.75) is 0 Å². The van der Waals surface area contributed by atoms with Crippen LogP contribution in [0.15, 0.2) is 53.9 Å². The molecule has 102 valence electrons. The van der Waals surface area contributed by atoms with Crippen LogP contribution in [0, 0.1) is 0 Å². The highest BCUT2D eigenvalue weighted by Gasteiger charge is 2.02. The zero-order chi connectivity index (χ0) is 14.4. The Morgan fingerprint density at radius 3 is 2.60 bits per heavy atom.